The number of rotatable bonds is 9. The van der Waals surface area contributed by atoms with Gasteiger partial charge in [-0.3, -0.25) is 0 Å². The van der Waals surface area contributed by atoms with Crippen LogP contribution in [0, 0.1) is 5.82 Å². The van der Waals surface area contributed by atoms with Crippen LogP contribution in [0.1, 0.15) is 32.8 Å². The first-order chi connectivity index (χ1) is 9.60. The Morgan fingerprint density at radius 3 is 2.65 bits per heavy atom. The Hall–Kier alpha value is -1.13. The monoisotopic (exact) mass is 282 g/mol. The fourth-order valence-electron chi connectivity index (χ4n) is 2.15. The van der Waals surface area contributed by atoms with Gasteiger partial charge in [0.2, 0.25) is 0 Å². The largest absolute Gasteiger partial charge is 0.383 e. The predicted octanol–water partition coefficient (Wildman–Crippen LogP) is 3.19. The highest BCUT2D eigenvalue weighted by molar-refractivity contribution is 5.50. The molecule has 0 saturated carbocycles. The molecule has 1 aromatic rings. The smallest absolute Gasteiger partial charge is 0.146 e. The average Bonchev–Trinajstić information content (AvgIpc) is 2.41. The Kier molecular flexibility index (Phi) is 7.55. The van der Waals surface area contributed by atoms with Gasteiger partial charge in [-0.15, -0.1) is 0 Å². The predicted molar refractivity (Wildman–Crippen MR) is 82.8 cm³/mol. The second-order valence-corrected chi connectivity index (χ2v) is 5.24. The molecule has 0 saturated heterocycles. The van der Waals surface area contributed by atoms with Crippen molar-refractivity contribution in [2.24, 2.45) is 0 Å². The van der Waals surface area contributed by atoms with Crippen LogP contribution in [0.25, 0.3) is 0 Å². The molecule has 0 aliphatic rings. The Morgan fingerprint density at radius 2 is 2.10 bits per heavy atom. The van der Waals surface area contributed by atoms with Gasteiger partial charge in [-0.1, -0.05) is 13.0 Å². The molecule has 3 nitrogen and oxygen atoms in total. The molecule has 1 rings (SSSR count). The fourth-order valence-corrected chi connectivity index (χ4v) is 2.15. The third-order valence-electron chi connectivity index (χ3n) is 3.24. The summed E-state index contributed by atoms with van der Waals surface area (Å²) in [6.07, 6.45) is 1.08. The van der Waals surface area contributed by atoms with E-state index in [-0.39, 0.29) is 11.9 Å². The third-order valence-corrected chi connectivity index (χ3v) is 3.24. The number of methoxy groups -OCH3 is 1. The van der Waals surface area contributed by atoms with Gasteiger partial charge in [-0.05, 0) is 44.5 Å². The summed E-state index contributed by atoms with van der Waals surface area (Å²) in [6.45, 7) is 9.20. The number of nitrogens with zero attached hydrogens (tertiary/aromatic N) is 1. The molecule has 114 valence electrons. The standard InChI is InChI=1S/C16H27FN2O/c1-5-8-18-12-14-6-7-16(15(17)11-14)19(13(2)3)9-10-20-4/h6-7,11,13,18H,5,8-10,12H2,1-4H3. The minimum absolute atomic E-state index is 0.161. The molecule has 0 aromatic heterocycles. The van der Waals surface area contributed by atoms with E-state index in [2.05, 4.69) is 26.1 Å². The summed E-state index contributed by atoms with van der Waals surface area (Å²) in [7, 11) is 1.66. The van der Waals surface area contributed by atoms with Gasteiger partial charge in [0.25, 0.3) is 0 Å². The molecule has 4 heteroatoms. The maximum atomic E-state index is 14.3. The van der Waals surface area contributed by atoms with E-state index in [4.69, 9.17) is 4.74 Å². The van der Waals surface area contributed by atoms with E-state index in [0.717, 1.165) is 18.5 Å². The van der Waals surface area contributed by atoms with E-state index < -0.39 is 0 Å². The highest BCUT2D eigenvalue weighted by atomic mass is 19.1. The molecular weight excluding hydrogens is 255 g/mol. The molecule has 1 N–H and O–H groups in total. The van der Waals surface area contributed by atoms with Crippen LogP contribution in [0.4, 0.5) is 10.1 Å². The molecule has 0 bridgehead atoms. The first-order valence-electron chi connectivity index (χ1n) is 7.34. The lowest BCUT2D eigenvalue weighted by molar-refractivity contribution is 0.203. The van der Waals surface area contributed by atoms with Crippen LogP contribution in [0.3, 0.4) is 0 Å². The van der Waals surface area contributed by atoms with Crippen molar-refractivity contribution >= 4 is 5.69 Å². The third kappa shape index (κ3) is 5.10. The number of benzene rings is 1. The number of hydrogen-bond acceptors (Lipinski definition) is 3. The van der Waals surface area contributed by atoms with Crippen LogP contribution >= 0.6 is 0 Å². The van der Waals surface area contributed by atoms with Gasteiger partial charge < -0.3 is 15.0 Å². The summed E-state index contributed by atoms with van der Waals surface area (Å²) in [5, 5.41) is 3.28. The van der Waals surface area contributed by atoms with Gasteiger partial charge in [-0.2, -0.15) is 0 Å². The maximum absolute atomic E-state index is 14.3. The Morgan fingerprint density at radius 1 is 1.35 bits per heavy atom. The lowest BCUT2D eigenvalue weighted by atomic mass is 10.1. The molecular formula is C16H27FN2O. The highest BCUT2D eigenvalue weighted by Gasteiger charge is 2.14. The van der Waals surface area contributed by atoms with E-state index in [9.17, 15) is 4.39 Å². The van der Waals surface area contributed by atoms with Crippen molar-refractivity contribution in [3.05, 3.63) is 29.6 Å². The van der Waals surface area contributed by atoms with Gasteiger partial charge in [-0.25, -0.2) is 4.39 Å². The highest BCUT2D eigenvalue weighted by Crippen LogP contribution is 2.22. The molecule has 20 heavy (non-hydrogen) atoms. The Labute approximate surface area is 122 Å². The topological polar surface area (TPSA) is 24.5 Å². The van der Waals surface area contributed by atoms with Gasteiger partial charge in [0.1, 0.15) is 5.82 Å². The maximum Gasteiger partial charge on any atom is 0.146 e. The van der Waals surface area contributed by atoms with Crippen molar-refractivity contribution in [1.29, 1.82) is 0 Å². The molecule has 0 atom stereocenters. The lowest BCUT2D eigenvalue weighted by Crippen LogP contribution is -2.34. The van der Waals surface area contributed by atoms with Gasteiger partial charge in [0.15, 0.2) is 0 Å². The second-order valence-electron chi connectivity index (χ2n) is 5.24. The number of hydrogen-bond donors (Lipinski definition) is 1. The summed E-state index contributed by atoms with van der Waals surface area (Å²) in [4.78, 5) is 2.03. The van der Waals surface area contributed by atoms with Gasteiger partial charge in [0.05, 0.1) is 12.3 Å². The zero-order valence-corrected chi connectivity index (χ0v) is 13.1. The summed E-state index contributed by atoms with van der Waals surface area (Å²) < 4.78 is 19.4. The van der Waals surface area contributed by atoms with Gasteiger partial charge in [0, 0.05) is 26.2 Å². The second kappa shape index (κ2) is 8.93. The van der Waals surface area contributed by atoms with Gasteiger partial charge >= 0.3 is 0 Å². The van der Waals surface area contributed by atoms with Crippen molar-refractivity contribution in [2.45, 2.75) is 39.8 Å². The Bertz CT molecular complexity index is 396. The van der Waals surface area contributed by atoms with Crippen LogP contribution in [-0.4, -0.2) is 32.8 Å². The van der Waals surface area contributed by atoms with Crippen molar-refractivity contribution in [3.63, 3.8) is 0 Å². The molecule has 1 aromatic carbocycles. The van der Waals surface area contributed by atoms with Crippen molar-refractivity contribution in [1.82, 2.24) is 5.32 Å². The zero-order chi connectivity index (χ0) is 15.0. The van der Waals surface area contributed by atoms with Crippen molar-refractivity contribution in [3.8, 4) is 0 Å². The van der Waals surface area contributed by atoms with Crippen LogP contribution in [0.15, 0.2) is 18.2 Å². The normalized spacial score (nSPS) is 11.1. The van der Waals surface area contributed by atoms with Crippen LogP contribution in [0.5, 0.6) is 0 Å². The summed E-state index contributed by atoms with van der Waals surface area (Å²) in [6, 6.07) is 5.72. The van der Waals surface area contributed by atoms with E-state index >= 15 is 0 Å². The van der Waals surface area contributed by atoms with E-state index in [0.29, 0.717) is 25.4 Å². The van der Waals surface area contributed by atoms with Crippen molar-refractivity contribution < 1.29 is 9.13 Å². The minimum atomic E-state index is -0.161. The molecule has 0 aliphatic heterocycles. The zero-order valence-electron chi connectivity index (χ0n) is 13.1. The van der Waals surface area contributed by atoms with Crippen molar-refractivity contribution in [2.75, 3.05) is 31.7 Å². The number of nitrogens with one attached hydrogen (secondary N) is 1. The van der Waals surface area contributed by atoms with Crippen LogP contribution in [-0.2, 0) is 11.3 Å². The number of anilines is 1. The minimum Gasteiger partial charge on any atom is -0.383 e. The van der Waals surface area contributed by atoms with Crippen LogP contribution in [0.2, 0.25) is 0 Å². The molecule has 0 aliphatic carbocycles. The average molecular weight is 282 g/mol. The molecule has 0 unspecified atom stereocenters. The molecule has 0 radical (unpaired) electrons. The quantitative estimate of drug-likeness (QED) is 0.704. The molecule has 0 spiro atoms. The molecule has 0 heterocycles. The summed E-state index contributed by atoms with van der Waals surface area (Å²) in [5.41, 5.74) is 1.63. The fraction of sp³-hybridized carbons (Fsp3) is 0.625. The summed E-state index contributed by atoms with van der Waals surface area (Å²) in [5.74, 6) is -0.161. The number of ether oxygens (including phenoxy) is 1. The molecule has 0 amide bonds. The Balaban J connectivity index is 2.78. The first kappa shape index (κ1) is 16.9. The SMILES string of the molecule is CCCNCc1ccc(N(CCOC)C(C)C)c(F)c1. The first-order valence-corrected chi connectivity index (χ1v) is 7.34. The summed E-state index contributed by atoms with van der Waals surface area (Å²) >= 11 is 0. The number of halogens is 1. The van der Waals surface area contributed by atoms with E-state index in [1.165, 1.54) is 0 Å². The molecule has 0 fully saturated rings. The lowest BCUT2D eigenvalue weighted by Gasteiger charge is -2.29. The van der Waals surface area contributed by atoms with E-state index in [1.54, 1.807) is 13.2 Å². The van der Waals surface area contributed by atoms with Crippen LogP contribution < -0.4 is 10.2 Å². The van der Waals surface area contributed by atoms with E-state index in [1.807, 2.05) is 17.0 Å².